The van der Waals surface area contributed by atoms with Crippen molar-refractivity contribution in [1.82, 2.24) is 0 Å². The molecular formula is C13H29N3SiZr. The maximum Gasteiger partial charge on any atom is 4.00 e. The van der Waals surface area contributed by atoms with E-state index in [0.717, 1.165) is 0 Å². The Morgan fingerprint density at radius 2 is 1.06 bits per heavy atom. The molecule has 1 rings (SSSR count). The monoisotopic (exact) mass is 345 g/mol. The summed E-state index contributed by atoms with van der Waals surface area (Å²) in [6, 6.07) is 8.67. The molecule has 0 saturated heterocycles. The molecule has 0 heterocycles. The van der Waals surface area contributed by atoms with E-state index in [4.69, 9.17) is 17.2 Å². The average molecular weight is 347 g/mol. The minimum Gasteiger partial charge on any atom is -0.678 e. The first-order valence-corrected chi connectivity index (χ1v) is 9.09. The largest absolute Gasteiger partial charge is 4.00 e. The molecule has 0 fully saturated rings. The summed E-state index contributed by atoms with van der Waals surface area (Å²) in [7, 11) is -0.480. The second kappa shape index (κ2) is 26.0. The molecular weight excluding hydrogens is 317 g/mol. The third kappa shape index (κ3) is 29.9. The standard InChI is InChI=1S/C7H11Si.3C2H6N.Zr/c1-8(2)7-5-3-4-6-7;3*1-2-3;/h3-6,8H,1-2H3;3*3H,2H2,1H3;/q4*-1;+4. The van der Waals surface area contributed by atoms with Crippen molar-refractivity contribution in [2.24, 2.45) is 0 Å². The zero-order valence-corrected chi connectivity index (χ0v) is 16.1. The van der Waals surface area contributed by atoms with E-state index in [2.05, 4.69) is 37.4 Å². The molecule has 0 aliphatic rings. The molecule has 1 aromatic carbocycles. The molecule has 3 N–H and O–H groups in total. The molecule has 0 unspecified atom stereocenters. The second-order valence-electron chi connectivity index (χ2n) is 3.43. The van der Waals surface area contributed by atoms with Crippen molar-refractivity contribution in [1.29, 1.82) is 0 Å². The zero-order chi connectivity index (χ0) is 14.1. The van der Waals surface area contributed by atoms with Gasteiger partial charge in [0, 0.05) is 8.80 Å². The Kier molecular flexibility index (Phi) is 38.7. The van der Waals surface area contributed by atoms with E-state index in [0.29, 0.717) is 19.6 Å². The van der Waals surface area contributed by atoms with Crippen LogP contribution in [0.1, 0.15) is 20.8 Å². The molecule has 0 bridgehead atoms. The Hall–Kier alpha value is 0.330. The van der Waals surface area contributed by atoms with Gasteiger partial charge in [0.15, 0.2) is 0 Å². The molecule has 0 aliphatic carbocycles. The van der Waals surface area contributed by atoms with Crippen LogP contribution in [0.3, 0.4) is 0 Å². The Bertz CT molecular complexity index is 187. The summed E-state index contributed by atoms with van der Waals surface area (Å²) in [5, 5.41) is 1.57. The molecule has 0 saturated carbocycles. The summed E-state index contributed by atoms with van der Waals surface area (Å²) >= 11 is 0. The van der Waals surface area contributed by atoms with Crippen LogP contribution in [0, 0.1) is 0 Å². The first-order chi connectivity index (χ1) is 8.05. The maximum absolute atomic E-state index is 6.21. The van der Waals surface area contributed by atoms with E-state index in [1.165, 1.54) is 0 Å². The van der Waals surface area contributed by atoms with Gasteiger partial charge in [0.1, 0.15) is 0 Å². The van der Waals surface area contributed by atoms with Gasteiger partial charge in [-0.15, -0.1) is 0 Å². The molecule has 0 amide bonds. The summed E-state index contributed by atoms with van der Waals surface area (Å²) in [5.41, 5.74) is 18.6. The fourth-order valence-electron chi connectivity index (χ4n) is 0.774. The smallest absolute Gasteiger partial charge is 0.678 e. The van der Waals surface area contributed by atoms with Crippen LogP contribution >= 0.6 is 0 Å². The van der Waals surface area contributed by atoms with Crippen molar-refractivity contribution < 1.29 is 26.2 Å². The van der Waals surface area contributed by atoms with Gasteiger partial charge >= 0.3 is 26.2 Å². The van der Waals surface area contributed by atoms with Gasteiger partial charge in [0.2, 0.25) is 0 Å². The van der Waals surface area contributed by atoms with Crippen LogP contribution in [0.2, 0.25) is 13.1 Å². The van der Waals surface area contributed by atoms with Crippen molar-refractivity contribution in [2.75, 3.05) is 19.6 Å². The van der Waals surface area contributed by atoms with Crippen LogP contribution in [0.25, 0.3) is 17.2 Å². The van der Waals surface area contributed by atoms with Gasteiger partial charge in [0.25, 0.3) is 0 Å². The average Bonchev–Trinajstić information content (AvgIpc) is 2.73. The summed E-state index contributed by atoms with van der Waals surface area (Å²) in [6.45, 7) is 11.6. The third-order valence-corrected chi connectivity index (χ3v) is 3.07. The fourth-order valence-corrected chi connectivity index (χ4v) is 1.77. The normalized spacial score (nSPS) is 7.61. The van der Waals surface area contributed by atoms with Gasteiger partial charge in [-0.3, -0.25) is 0 Å². The summed E-state index contributed by atoms with van der Waals surface area (Å²) < 4.78 is 0. The Balaban J connectivity index is -0.0000000840. The van der Waals surface area contributed by atoms with E-state index < -0.39 is 8.80 Å². The minimum atomic E-state index is -0.480. The molecule has 0 radical (unpaired) electrons. The van der Waals surface area contributed by atoms with Crippen molar-refractivity contribution in [3.8, 4) is 0 Å². The van der Waals surface area contributed by atoms with Crippen molar-refractivity contribution in [3.05, 3.63) is 41.5 Å². The molecule has 5 heteroatoms. The first kappa shape index (κ1) is 26.8. The first-order valence-electron chi connectivity index (χ1n) is 6.20. The molecule has 3 nitrogen and oxygen atoms in total. The van der Waals surface area contributed by atoms with Crippen LogP contribution in [-0.4, -0.2) is 28.4 Å². The van der Waals surface area contributed by atoms with Crippen LogP contribution in [0.15, 0.2) is 24.3 Å². The topological polar surface area (TPSA) is 71.4 Å². The number of rotatable bonds is 1. The predicted octanol–water partition coefficient (Wildman–Crippen LogP) is 4.27. The molecule has 18 heavy (non-hydrogen) atoms. The van der Waals surface area contributed by atoms with Crippen LogP contribution in [-0.2, 0) is 26.2 Å². The summed E-state index contributed by atoms with van der Waals surface area (Å²) in [5.74, 6) is 0. The van der Waals surface area contributed by atoms with Crippen molar-refractivity contribution >= 4 is 14.0 Å². The molecule has 0 atom stereocenters. The van der Waals surface area contributed by atoms with Crippen LogP contribution < -0.4 is 5.19 Å². The van der Waals surface area contributed by atoms with Crippen molar-refractivity contribution in [3.63, 3.8) is 0 Å². The van der Waals surface area contributed by atoms with E-state index in [1.807, 2.05) is 0 Å². The number of nitrogens with one attached hydrogen (secondary N) is 3. The Labute approximate surface area is 135 Å². The number of hydrogen-bond donors (Lipinski definition) is 0. The third-order valence-electron chi connectivity index (χ3n) is 1.36. The summed E-state index contributed by atoms with van der Waals surface area (Å²) in [4.78, 5) is 0. The van der Waals surface area contributed by atoms with Gasteiger partial charge in [-0.1, -0.05) is 33.9 Å². The molecule has 0 aromatic heterocycles. The summed E-state index contributed by atoms with van der Waals surface area (Å²) in [6.07, 6.45) is 0. The quantitative estimate of drug-likeness (QED) is 0.538. The van der Waals surface area contributed by atoms with Gasteiger partial charge in [-0.05, 0) is 0 Å². The van der Waals surface area contributed by atoms with Gasteiger partial charge < -0.3 is 17.2 Å². The van der Waals surface area contributed by atoms with E-state index in [9.17, 15) is 0 Å². The number of hydrogen-bond acceptors (Lipinski definition) is 0. The van der Waals surface area contributed by atoms with E-state index in [-0.39, 0.29) is 26.2 Å². The SMILES string of the molecule is CC[NH-].CC[NH-].CC[NH-].C[SiH](C)[c-]1cccc1.[Zr+4]. The molecule has 0 aliphatic heterocycles. The second-order valence-corrected chi connectivity index (χ2v) is 6.41. The Morgan fingerprint density at radius 3 is 1.17 bits per heavy atom. The predicted molar refractivity (Wildman–Crippen MR) is 85.1 cm³/mol. The van der Waals surface area contributed by atoms with Crippen LogP contribution in [0.5, 0.6) is 0 Å². The van der Waals surface area contributed by atoms with Crippen molar-refractivity contribution in [2.45, 2.75) is 33.9 Å². The van der Waals surface area contributed by atoms with Crippen LogP contribution in [0.4, 0.5) is 0 Å². The zero-order valence-electron chi connectivity index (χ0n) is 12.5. The Morgan fingerprint density at radius 1 is 0.833 bits per heavy atom. The van der Waals surface area contributed by atoms with Gasteiger partial charge in [0.05, 0.1) is 0 Å². The fraction of sp³-hybridized carbons (Fsp3) is 0.615. The minimum absolute atomic E-state index is 0. The van der Waals surface area contributed by atoms with Gasteiger partial charge in [-0.25, -0.2) is 12.1 Å². The van der Waals surface area contributed by atoms with E-state index >= 15 is 0 Å². The molecule has 1 aromatic rings. The molecule has 104 valence electrons. The molecule has 0 spiro atoms. The van der Waals surface area contributed by atoms with Gasteiger partial charge in [-0.2, -0.15) is 37.0 Å². The maximum atomic E-state index is 6.21. The van der Waals surface area contributed by atoms with E-state index in [1.54, 1.807) is 26.0 Å².